The van der Waals surface area contributed by atoms with Crippen LogP contribution in [0.4, 0.5) is 0 Å². The molecule has 11 nitrogen and oxygen atoms in total. The van der Waals surface area contributed by atoms with Gasteiger partial charge >= 0.3 is 5.97 Å². The summed E-state index contributed by atoms with van der Waals surface area (Å²) in [5, 5.41) is 54.6. The van der Waals surface area contributed by atoms with Gasteiger partial charge in [0.25, 0.3) is 0 Å². The van der Waals surface area contributed by atoms with E-state index in [1.165, 1.54) is 360 Å². The van der Waals surface area contributed by atoms with Crippen LogP contribution in [-0.2, 0) is 23.8 Å². The maximum atomic E-state index is 13.1. The smallest absolute Gasteiger partial charge is 0.305 e. The predicted octanol–water partition coefficient (Wildman–Crippen LogP) is 23.1. The fourth-order valence-electron chi connectivity index (χ4n) is 13.7. The van der Waals surface area contributed by atoms with Gasteiger partial charge in [0.15, 0.2) is 6.29 Å². The van der Waals surface area contributed by atoms with Crippen LogP contribution in [-0.4, -0.2) is 100 Å². The fourth-order valence-corrected chi connectivity index (χ4v) is 13.7. The van der Waals surface area contributed by atoms with Gasteiger partial charge in [-0.05, 0) is 57.8 Å². The second kappa shape index (κ2) is 73.4. The highest BCUT2D eigenvalue weighted by molar-refractivity contribution is 5.76. The van der Waals surface area contributed by atoms with E-state index in [1.54, 1.807) is 6.08 Å². The third-order valence-electron chi connectivity index (χ3n) is 20.3. The highest BCUT2D eigenvalue weighted by Gasteiger charge is 2.44. The lowest BCUT2D eigenvalue weighted by Crippen LogP contribution is -2.60. The molecule has 0 aromatic heterocycles. The van der Waals surface area contributed by atoms with Crippen molar-refractivity contribution < 1.29 is 49.3 Å². The second-order valence-corrected chi connectivity index (χ2v) is 29.5. The predicted molar refractivity (Wildman–Crippen MR) is 403 cm³/mol. The Morgan fingerprint density at radius 2 is 0.674 bits per heavy atom. The van der Waals surface area contributed by atoms with E-state index in [0.29, 0.717) is 19.4 Å². The molecule has 95 heavy (non-hydrogen) atoms. The van der Waals surface area contributed by atoms with E-state index in [1.807, 2.05) is 6.08 Å². The summed E-state index contributed by atoms with van der Waals surface area (Å²) in [7, 11) is 0. The molecule has 6 N–H and O–H groups in total. The third-order valence-corrected chi connectivity index (χ3v) is 20.3. The fraction of sp³-hybridized carbons (Fsp3) is 0.929. The quantitative estimate of drug-likeness (QED) is 0.0195. The molecular weight excluding hydrogens is 1180 g/mol. The van der Waals surface area contributed by atoms with Crippen molar-refractivity contribution in [2.24, 2.45) is 0 Å². The standard InChI is InChI=1S/C84H161NO10/c1-3-5-7-9-11-13-15-17-46-50-54-58-62-66-70-77(87)76(75-94-84-83(92)82(91)81(90)78(74-86)95-84)85-79(88)71-67-63-59-55-51-47-44-42-40-38-36-34-32-30-28-26-24-22-20-19-21-23-25-27-29-31-33-35-37-39-41-43-45-49-53-57-61-65-69-73-93-80(89)72-68-64-60-56-52-48-18-16-14-12-10-8-6-4-2/h19-20,66,70,76-78,81-84,86-87,90-92H,3-18,21-65,67-69,71-75H2,1-2H3,(H,85,88)/b20-19-,70-66+. The Bertz CT molecular complexity index is 1630. The SMILES string of the molecule is CCCCCCCCCCCCCC/C=C/C(O)C(COC1OC(CO)C(O)C(O)C1O)NC(=O)CCCCCCCCCCCCCCCCCCC/C=C\CCCCCCCCCCCCCCCCCCCCOC(=O)CCCCCCCCCCCCCCCC. The number of amides is 1. The van der Waals surface area contributed by atoms with Gasteiger partial charge in [-0.25, -0.2) is 0 Å². The van der Waals surface area contributed by atoms with E-state index < -0.39 is 49.5 Å². The summed E-state index contributed by atoms with van der Waals surface area (Å²) in [6, 6.07) is -0.807. The average molecular weight is 1350 g/mol. The first-order valence-corrected chi connectivity index (χ1v) is 42.1. The number of rotatable bonds is 76. The summed E-state index contributed by atoms with van der Waals surface area (Å²) in [5.41, 5.74) is 0. The molecular formula is C84H161NO10. The number of allylic oxidation sites excluding steroid dienone is 3. The number of unbranched alkanes of at least 4 members (excludes halogenated alkanes) is 60. The summed E-state index contributed by atoms with van der Waals surface area (Å²) in [6.45, 7) is 4.41. The Morgan fingerprint density at radius 3 is 1.01 bits per heavy atom. The summed E-state index contributed by atoms with van der Waals surface area (Å²) >= 11 is 0. The molecule has 0 aromatic rings. The summed E-state index contributed by atoms with van der Waals surface area (Å²) in [4.78, 5) is 25.2. The van der Waals surface area contributed by atoms with E-state index in [-0.39, 0.29) is 18.5 Å². The molecule has 1 aliphatic rings. The lowest BCUT2D eigenvalue weighted by Gasteiger charge is -2.40. The Morgan fingerprint density at radius 1 is 0.379 bits per heavy atom. The van der Waals surface area contributed by atoms with Crippen molar-refractivity contribution in [1.29, 1.82) is 0 Å². The monoisotopic (exact) mass is 1340 g/mol. The van der Waals surface area contributed by atoms with Gasteiger partial charge in [0.2, 0.25) is 5.91 Å². The molecule has 7 unspecified atom stereocenters. The van der Waals surface area contributed by atoms with Crippen LogP contribution in [0.5, 0.6) is 0 Å². The first-order valence-electron chi connectivity index (χ1n) is 42.1. The largest absolute Gasteiger partial charge is 0.466 e. The van der Waals surface area contributed by atoms with Crippen LogP contribution in [0.15, 0.2) is 24.3 Å². The number of carbonyl (C=O) groups is 2. The molecule has 1 amide bonds. The maximum absolute atomic E-state index is 13.1. The first kappa shape index (κ1) is 91.2. The molecule has 0 aliphatic carbocycles. The van der Waals surface area contributed by atoms with E-state index in [9.17, 15) is 35.1 Å². The third kappa shape index (κ3) is 61.7. The minimum absolute atomic E-state index is 0.0200. The molecule has 0 aromatic carbocycles. The van der Waals surface area contributed by atoms with E-state index in [2.05, 4.69) is 31.3 Å². The van der Waals surface area contributed by atoms with Crippen LogP contribution >= 0.6 is 0 Å². The number of esters is 1. The van der Waals surface area contributed by atoms with Crippen LogP contribution in [0.3, 0.4) is 0 Å². The molecule has 11 heteroatoms. The van der Waals surface area contributed by atoms with Crippen molar-refractivity contribution in [3.63, 3.8) is 0 Å². The van der Waals surface area contributed by atoms with Gasteiger partial charge in [0.05, 0.1) is 32.0 Å². The summed E-state index contributed by atoms with van der Waals surface area (Å²) < 4.78 is 16.8. The molecule has 1 aliphatic heterocycles. The van der Waals surface area contributed by atoms with E-state index in [0.717, 1.165) is 51.4 Å². The van der Waals surface area contributed by atoms with Gasteiger partial charge in [-0.15, -0.1) is 0 Å². The molecule has 7 atom stereocenters. The highest BCUT2D eigenvalue weighted by atomic mass is 16.7. The number of hydrogen-bond acceptors (Lipinski definition) is 10. The first-order chi connectivity index (χ1) is 46.7. The number of aliphatic hydroxyl groups excluding tert-OH is 5. The van der Waals surface area contributed by atoms with Gasteiger partial charge in [0, 0.05) is 12.8 Å². The Balaban J connectivity index is 1.89. The van der Waals surface area contributed by atoms with Crippen molar-refractivity contribution in [1.82, 2.24) is 5.32 Å². The average Bonchev–Trinajstić information content (AvgIpc) is 0.929. The van der Waals surface area contributed by atoms with E-state index >= 15 is 0 Å². The van der Waals surface area contributed by atoms with Gasteiger partial charge in [-0.2, -0.15) is 0 Å². The topological polar surface area (TPSA) is 175 Å². The van der Waals surface area contributed by atoms with E-state index in [4.69, 9.17) is 14.2 Å². The molecule has 1 heterocycles. The number of ether oxygens (including phenoxy) is 3. The van der Waals surface area contributed by atoms with Gasteiger partial charge < -0.3 is 45.1 Å². The van der Waals surface area contributed by atoms with Crippen LogP contribution < -0.4 is 5.32 Å². The van der Waals surface area contributed by atoms with Gasteiger partial charge in [0.1, 0.15) is 24.4 Å². The molecule has 0 saturated carbocycles. The Kier molecular flexibility index (Phi) is 70.4. The lowest BCUT2D eigenvalue weighted by molar-refractivity contribution is -0.302. The second-order valence-electron chi connectivity index (χ2n) is 29.5. The maximum Gasteiger partial charge on any atom is 0.305 e. The summed E-state index contributed by atoms with van der Waals surface area (Å²) in [6.07, 6.45) is 85.1. The van der Waals surface area contributed by atoms with Crippen molar-refractivity contribution >= 4 is 11.9 Å². The molecule has 1 rings (SSSR count). The molecule has 0 bridgehead atoms. The Hall–Kier alpha value is -1.86. The van der Waals surface area contributed by atoms with Gasteiger partial charge in [-0.1, -0.05) is 391 Å². The molecule has 0 spiro atoms. The van der Waals surface area contributed by atoms with Crippen LogP contribution in [0.25, 0.3) is 0 Å². The highest BCUT2D eigenvalue weighted by Crippen LogP contribution is 2.24. The van der Waals surface area contributed by atoms with Gasteiger partial charge in [-0.3, -0.25) is 9.59 Å². The van der Waals surface area contributed by atoms with Crippen molar-refractivity contribution in [3.05, 3.63) is 24.3 Å². The van der Waals surface area contributed by atoms with Crippen molar-refractivity contribution in [3.8, 4) is 0 Å². The van der Waals surface area contributed by atoms with Crippen LogP contribution in [0.2, 0.25) is 0 Å². The van der Waals surface area contributed by atoms with Crippen molar-refractivity contribution in [2.75, 3.05) is 19.8 Å². The molecule has 1 fully saturated rings. The number of hydrogen-bond donors (Lipinski definition) is 6. The molecule has 562 valence electrons. The number of aliphatic hydroxyl groups is 5. The number of nitrogens with one attached hydrogen (secondary N) is 1. The minimum atomic E-state index is -1.57. The zero-order chi connectivity index (χ0) is 68.6. The number of carbonyl (C=O) groups excluding carboxylic acids is 2. The van der Waals surface area contributed by atoms with Crippen LogP contribution in [0, 0.1) is 0 Å². The zero-order valence-electron chi connectivity index (χ0n) is 62.9. The molecule has 1 saturated heterocycles. The normalized spacial score (nSPS) is 17.4. The van der Waals surface area contributed by atoms with Crippen LogP contribution in [0.1, 0.15) is 438 Å². The van der Waals surface area contributed by atoms with Crippen molar-refractivity contribution in [2.45, 2.75) is 480 Å². The minimum Gasteiger partial charge on any atom is -0.466 e. The Labute approximate surface area is 588 Å². The lowest BCUT2D eigenvalue weighted by atomic mass is 9.99. The zero-order valence-corrected chi connectivity index (χ0v) is 62.9. The summed E-state index contributed by atoms with van der Waals surface area (Å²) in [5.74, 6) is -0.154. The molecule has 0 radical (unpaired) electrons.